The molecule has 7 nitrogen and oxygen atoms in total. The average Bonchev–Trinajstić information content (AvgIpc) is 3.15. The molecule has 2 aliphatic heterocycles. The van der Waals surface area contributed by atoms with E-state index in [0.717, 1.165) is 42.8 Å². The zero-order chi connectivity index (χ0) is 19.6. The summed E-state index contributed by atoms with van der Waals surface area (Å²) in [5.74, 6) is -0.0338. The predicted octanol–water partition coefficient (Wildman–Crippen LogP) is 2.37. The first-order valence-electron chi connectivity index (χ1n) is 9.76. The molecule has 1 aromatic heterocycles. The van der Waals surface area contributed by atoms with Crippen LogP contribution in [0.15, 0.2) is 30.3 Å². The maximum Gasteiger partial charge on any atom is 0.270 e. The van der Waals surface area contributed by atoms with Crippen LogP contribution < -0.4 is 10.2 Å². The lowest BCUT2D eigenvalue weighted by Gasteiger charge is -2.37. The minimum absolute atomic E-state index is 0.189. The number of aryl methyl sites for hydroxylation is 2. The number of anilines is 1. The van der Waals surface area contributed by atoms with Gasteiger partial charge in [-0.2, -0.15) is 0 Å². The number of nitrogens with zero attached hydrogens (tertiary/aromatic N) is 3. The zero-order valence-electron chi connectivity index (χ0n) is 16.4. The number of carbonyl (C=O) groups excluding carboxylic acids is 1. The Morgan fingerprint density at radius 1 is 1.14 bits per heavy atom. The van der Waals surface area contributed by atoms with E-state index in [9.17, 15) is 4.79 Å². The number of hydrogen-bond acceptors (Lipinski definition) is 6. The minimum atomic E-state index is -0.436. The average molecular weight is 382 g/mol. The van der Waals surface area contributed by atoms with Crippen LogP contribution in [0.5, 0.6) is 0 Å². The van der Waals surface area contributed by atoms with Gasteiger partial charge in [-0.25, -0.2) is 9.97 Å². The van der Waals surface area contributed by atoms with Gasteiger partial charge >= 0.3 is 0 Å². The van der Waals surface area contributed by atoms with Crippen molar-refractivity contribution in [2.24, 2.45) is 0 Å². The Balaban J connectivity index is 1.43. The molecule has 2 saturated heterocycles. The Bertz CT molecular complexity index is 854. The Hall–Kier alpha value is -2.51. The summed E-state index contributed by atoms with van der Waals surface area (Å²) in [6, 6.07) is 9.75. The maximum absolute atomic E-state index is 12.7. The van der Waals surface area contributed by atoms with Crippen molar-refractivity contribution in [1.29, 1.82) is 0 Å². The number of benzene rings is 1. The van der Waals surface area contributed by atoms with E-state index in [0.29, 0.717) is 31.4 Å². The van der Waals surface area contributed by atoms with Gasteiger partial charge in [-0.1, -0.05) is 24.3 Å². The van der Waals surface area contributed by atoms with Crippen LogP contribution in [0.2, 0.25) is 0 Å². The van der Waals surface area contributed by atoms with E-state index >= 15 is 0 Å². The highest BCUT2D eigenvalue weighted by molar-refractivity contribution is 5.92. The van der Waals surface area contributed by atoms with Gasteiger partial charge in [-0.3, -0.25) is 4.79 Å². The van der Waals surface area contributed by atoms with Crippen LogP contribution in [0.4, 0.5) is 5.95 Å². The van der Waals surface area contributed by atoms with Gasteiger partial charge in [0.15, 0.2) is 5.79 Å². The molecule has 0 saturated carbocycles. The molecule has 0 unspecified atom stereocenters. The molecule has 1 N–H and O–H groups in total. The second-order valence-corrected chi connectivity index (χ2v) is 7.40. The van der Waals surface area contributed by atoms with Gasteiger partial charge in [0.2, 0.25) is 5.95 Å². The molecule has 1 amide bonds. The van der Waals surface area contributed by atoms with Crippen molar-refractivity contribution in [2.75, 3.05) is 31.2 Å². The third-order valence-electron chi connectivity index (χ3n) is 5.40. The van der Waals surface area contributed by atoms with Crippen molar-refractivity contribution >= 4 is 11.9 Å². The van der Waals surface area contributed by atoms with Crippen molar-refractivity contribution < 1.29 is 14.3 Å². The van der Waals surface area contributed by atoms with Crippen LogP contribution in [0.1, 0.15) is 40.2 Å². The number of aromatic nitrogens is 2. The molecule has 0 radical (unpaired) electrons. The Labute approximate surface area is 165 Å². The van der Waals surface area contributed by atoms with Crippen LogP contribution in [0.25, 0.3) is 0 Å². The summed E-state index contributed by atoms with van der Waals surface area (Å²) in [6.45, 7) is 7.21. The van der Waals surface area contributed by atoms with Gasteiger partial charge in [0.05, 0.1) is 13.2 Å². The summed E-state index contributed by atoms with van der Waals surface area (Å²) < 4.78 is 11.6. The number of nitrogens with one attached hydrogen (secondary N) is 1. The van der Waals surface area contributed by atoms with Gasteiger partial charge < -0.3 is 19.7 Å². The smallest absolute Gasteiger partial charge is 0.270 e. The largest absolute Gasteiger partial charge is 0.347 e. The fourth-order valence-electron chi connectivity index (χ4n) is 3.72. The van der Waals surface area contributed by atoms with E-state index < -0.39 is 5.79 Å². The first kappa shape index (κ1) is 18.8. The van der Waals surface area contributed by atoms with Crippen LogP contribution in [0.3, 0.4) is 0 Å². The molecule has 2 aromatic rings. The van der Waals surface area contributed by atoms with Crippen LogP contribution in [0, 0.1) is 13.8 Å². The number of hydrogen-bond donors (Lipinski definition) is 1. The van der Waals surface area contributed by atoms with Gasteiger partial charge in [-0.05, 0) is 31.0 Å². The van der Waals surface area contributed by atoms with E-state index in [1.165, 1.54) is 0 Å². The molecule has 4 rings (SSSR count). The monoisotopic (exact) mass is 382 g/mol. The molecule has 28 heavy (non-hydrogen) atoms. The highest BCUT2D eigenvalue weighted by Crippen LogP contribution is 2.32. The molecule has 1 aromatic carbocycles. The van der Waals surface area contributed by atoms with Gasteiger partial charge in [0.1, 0.15) is 5.69 Å². The van der Waals surface area contributed by atoms with Crippen molar-refractivity contribution in [2.45, 2.75) is 39.0 Å². The van der Waals surface area contributed by atoms with E-state index in [1.54, 1.807) is 6.07 Å². The first-order valence-corrected chi connectivity index (χ1v) is 9.76. The summed E-state index contributed by atoms with van der Waals surface area (Å²) in [6.07, 6.45) is 1.55. The van der Waals surface area contributed by atoms with Crippen molar-refractivity contribution in [3.05, 3.63) is 52.8 Å². The van der Waals surface area contributed by atoms with E-state index in [-0.39, 0.29) is 5.91 Å². The third kappa shape index (κ3) is 4.00. The molecule has 7 heteroatoms. The number of carbonyl (C=O) groups is 1. The van der Waals surface area contributed by atoms with Gasteiger partial charge in [0.25, 0.3) is 5.91 Å². The summed E-state index contributed by atoms with van der Waals surface area (Å²) in [5, 5.41) is 2.97. The second-order valence-electron chi connectivity index (χ2n) is 7.40. The second kappa shape index (κ2) is 7.85. The quantitative estimate of drug-likeness (QED) is 0.875. The molecule has 0 atom stereocenters. The highest BCUT2D eigenvalue weighted by atomic mass is 16.7. The van der Waals surface area contributed by atoms with Crippen molar-refractivity contribution in [3.8, 4) is 0 Å². The molecular formula is C21H26N4O3. The van der Waals surface area contributed by atoms with Crippen molar-refractivity contribution in [1.82, 2.24) is 15.3 Å². The predicted molar refractivity (Wildman–Crippen MR) is 105 cm³/mol. The lowest BCUT2D eigenvalue weighted by Crippen LogP contribution is -2.45. The molecule has 3 heterocycles. The molecule has 0 aliphatic carbocycles. The number of ether oxygens (including phenoxy) is 2. The minimum Gasteiger partial charge on any atom is -0.347 e. The number of piperidine rings is 1. The van der Waals surface area contributed by atoms with E-state index in [1.807, 2.05) is 38.1 Å². The topological polar surface area (TPSA) is 76.6 Å². The Kier molecular flexibility index (Phi) is 5.28. The van der Waals surface area contributed by atoms with Crippen molar-refractivity contribution in [3.63, 3.8) is 0 Å². The normalized spacial score (nSPS) is 18.4. The number of rotatable bonds is 4. The van der Waals surface area contributed by atoms with Gasteiger partial charge in [0, 0.05) is 38.2 Å². The third-order valence-corrected chi connectivity index (χ3v) is 5.40. The fraction of sp³-hybridized carbons (Fsp3) is 0.476. The summed E-state index contributed by atoms with van der Waals surface area (Å²) in [5.41, 5.74) is 3.42. The first-order chi connectivity index (χ1) is 13.5. The molecule has 2 aliphatic rings. The van der Waals surface area contributed by atoms with Crippen LogP contribution >= 0.6 is 0 Å². The van der Waals surface area contributed by atoms with E-state index in [4.69, 9.17) is 9.47 Å². The highest BCUT2D eigenvalue weighted by Gasteiger charge is 2.40. The summed E-state index contributed by atoms with van der Waals surface area (Å²) in [4.78, 5) is 23.8. The van der Waals surface area contributed by atoms with E-state index in [2.05, 4.69) is 20.2 Å². The standard InChI is InChI=1S/C21H26N4O3/c1-15-5-3-4-6-17(15)14-22-19(26)18-13-16(2)23-20(24-18)25-9-7-21(8-10-25)27-11-12-28-21/h3-6,13H,7-12,14H2,1-2H3,(H,22,26). The zero-order valence-corrected chi connectivity index (χ0v) is 16.4. The maximum atomic E-state index is 12.7. The molecule has 0 bridgehead atoms. The lowest BCUT2D eigenvalue weighted by atomic mass is 10.0. The fourth-order valence-corrected chi connectivity index (χ4v) is 3.72. The van der Waals surface area contributed by atoms with Crippen LogP contribution in [-0.2, 0) is 16.0 Å². The molecule has 2 fully saturated rings. The summed E-state index contributed by atoms with van der Waals surface area (Å²) >= 11 is 0. The molecular weight excluding hydrogens is 356 g/mol. The number of amides is 1. The Morgan fingerprint density at radius 3 is 2.57 bits per heavy atom. The molecule has 148 valence electrons. The molecule has 1 spiro atoms. The SMILES string of the molecule is Cc1cc(C(=O)NCc2ccccc2C)nc(N2CCC3(CC2)OCCO3)n1. The van der Waals surface area contributed by atoms with Crippen LogP contribution in [-0.4, -0.2) is 48.0 Å². The Morgan fingerprint density at radius 2 is 1.86 bits per heavy atom. The summed E-state index contributed by atoms with van der Waals surface area (Å²) in [7, 11) is 0. The lowest BCUT2D eigenvalue weighted by molar-refractivity contribution is -0.169. The van der Waals surface area contributed by atoms with Gasteiger partial charge in [-0.15, -0.1) is 0 Å².